The molecule has 1 rings (SSSR count). The fraction of sp³-hybridized carbons (Fsp3) is 1.00. The summed E-state index contributed by atoms with van der Waals surface area (Å²) in [6.45, 7) is 3.51. The van der Waals surface area contributed by atoms with E-state index in [9.17, 15) is 13.3 Å². The zero-order chi connectivity index (χ0) is 10.8. The molecular formula is C10H22O3S. The molecule has 0 aromatic rings. The van der Waals surface area contributed by atoms with Crippen LogP contribution < -0.4 is 0 Å². The smallest absolute Gasteiger partial charge is 0.0878 e. The van der Waals surface area contributed by atoms with Gasteiger partial charge < -0.3 is 9.11 Å². The molecule has 14 heavy (non-hydrogen) atoms. The van der Waals surface area contributed by atoms with Crippen molar-refractivity contribution in [1.82, 2.24) is 0 Å². The molecule has 0 heterocycles. The van der Waals surface area contributed by atoms with Gasteiger partial charge in [-0.1, -0.05) is 26.2 Å². The highest BCUT2D eigenvalue weighted by molar-refractivity contribution is 8.11. The van der Waals surface area contributed by atoms with Gasteiger partial charge in [0.15, 0.2) is 0 Å². The van der Waals surface area contributed by atoms with Gasteiger partial charge >= 0.3 is 0 Å². The summed E-state index contributed by atoms with van der Waals surface area (Å²) in [7, 11) is -4.37. The third-order valence-corrected chi connectivity index (χ3v) is 7.08. The third kappa shape index (κ3) is 2.18. The van der Waals surface area contributed by atoms with Crippen LogP contribution in [0.5, 0.6) is 0 Å². The van der Waals surface area contributed by atoms with E-state index in [1.807, 2.05) is 6.92 Å². The first-order chi connectivity index (χ1) is 6.37. The minimum atomic E-state index is -4.37. The first kappa shape index (κ1) is 12.1. The topological polar surface area (TPSA) is 57.5 Å². The van der Waals surface area contributed by atoms with Crippen LogP contribution >= 0.6 is 0 Å². The van der Waals surface area contributed by atoms with Crippen LogP contribution in [0.25, 0.3) is 0 Å². The van der Waals surface area contributed by atoms with Gasteiger partial charge in [-0.25, -0.2) is 4.21 Å². The van der Waals surface area contributed by atoms with Crippen LogP contribution in [0.2, 0.25) is 0 Å². The number of rotatable bonds is 3. The van der Waals surface area contributed by atoms with Gasteiger partial charge in [0, 0.05) is 0 Å². The minimum absolute atomic E-state index is 0.393. The fourth-order valence-electron chi connectivity index (χ4n) is 2.15. The van der Waals surface area contributed by atoms with Crippen molar-refractivity contribution in [2.75, 3.05) is 0 Å². The molecule has 1 aliphatic carbocycles. The molecule has 3 nitrogen and oxygen atoms in total. The molecule has 0 amide bonds. The lowest BCUT2D eigenvalue weighted by Crippen LogP contribution is -2.52. The van der Waals surface area contributed by atoms with E-state index in [4.69, 9.17) is 0 Å². The number of hydrogen-bond donors (Lipinski definition) is 2. The average Bonchev–Trinajstić information content (AvgIpc) is 2.17. The van der Waals surface area contributed by atoms with Crippen molar-refractivity contribution in [2.24, 2.45) is 0 Å². The molecule has 1 atom stereocenters. The Balaban J connectivity index is 2.84. The van der Waals surface area contributed by atoms with E-state index in [1.54, 1.807) is 6.92 Å². The van der Waals surface area contributed by atoms with Gasteiger partial charge in [-0.05, 0) is 26.2 Å². The normalized spacial score (nSPS) is 25.3. The Labute approximate surface area is 86.3 Å². The summed E-state index contributed by atoms with van der Waals surface area (Å²) < 4.78 is 32.1. The summed E-state index contributed by atoms with van der Waals surface area (Å²) in [5.74, 6) is 0. The van der Waals surface area contributed by atoms with Crippen LogP contribution in [-0.4, -0.2) is 23.8 Å². The van der Waals surface area contributed by atoms with Gasteiger partial charge in [0.1, 0.15) is 0 Å². The SMILES string of the molecule is CCC(C)S(=O)(O)(O)C1CCCCC1. The molecule has 1 aliphatic rings. The highest BCUT2D eigenvalue weighted by Gasteiger charge is 2.44. The maximum absolute atomic E-state index is 12.2. The summed E-state index contributed by atoms with van der Waals surface area (Å²) >= 11 is 0. The van der Waals surface area contributed by atoms with Crippen LogP contribution in [0.4, 0.5) is 0 Å². The van der Waals surface area contributed by atoms with Crippen molar-refractivity contribution in [2.45, 2.75) is 62.9 Å². The highest BCUT2D eigenvalue weighted by atomic mass is 32.3. The minimum Gasteiger partial charge on any atom is -0.307 e. The van der Waals surface area contributed by atoms with Crippen LogP contribution in [-0.2, 0) is 9.63 Å². The van der Waals surface area contributed by atoms with Gasteiger partial charge in [-0.3, -0.25) is 0 Å². The molecule has 86 valence electrons. The van der Waals surface area contributed by atoms with E-state index in [2.05, 4.69) is 0 Å². The molecule has 0 aromatic carbocycles. The Morgan fingerprint density at radius 3 is 2.21 bits per heavy atom. The Kier molecular flexibility index (Phi) is 3.39. The molecule has 0 bridgehead atoms. The van der Waals surface area contributed by atoms with Crippen molar-refractivity contribution < 1.29 is 13.3 Å². The quantitative estimate of drug-likeness (QED) is 0.772. The maximum atomic E-state index is 12.2. The van der Waals surface area contributed by atoms with Gasteiger partial charge in [-0.15, -0.1) is 0 Å². The standard InChI is InChI=1S/C10H22O3S/c1-3-9(2)14(11,12,13)10-7-5-4-6-8-10/h9-10H,3-8H2,1-2H3,(H2,11,12,13). The molecule has 0 aromatic heterocycles. The van der Waals surface area contributed by atoms with Crippen molar-refractivity contribution >= 4 is 9.63 Å². The molecule has 0 radical (unpaired) electrons. The van der Waals surface area contributed by atoms with Crippen molar-refractivity contribution in [3.05, 3.63) is 0 Å². The Morgan fingerprint density at radius 2 is 1.79 bits per heavy atom. The summed E-state index contributed by atoms with van der Waals surface area (Å²) in [6, 6.07) is 0. The van der Waals surface area contributed by atoms with E-state index in [0.717, 1.165) is 19.3 Å². The number of hydrogen-bond acceptors (Lipinski definition) is 1. The summed E-state index contributed by atoms with van der Waals surface area (Å²) in [6.07, 6.45) is 5.01. The van der Waals surface area contributed by atoms with Gasteiger partial charge in [0.05, 0.1) is 20.1 Å². The van der Waals surface area contributed by atoms with Crippen molar-refractivity contribution in [3.63, 3.8) is 0 Å². The van der Waals surface area contributed by atoms with E-state index >= 15 is 0 Å². The first-order valence-electron chi connectivity index (χ1n) is 5.51. The monoisotopic (exact) mass is 222 g/mol. The molecule has 1 unspecified atom stereocenters. The van der Waals surface area contributed by atoms with Crippen molar-refractivity contribution in [3.8, 4) is 0 Å². The van der Waals surface area contributed by atoms with Gasteiger partial charge in [0.2, 0.25) is 0 Å². The Morgan fingerprint density at radius 1 is 1.29 bits per heavy atom. The zero-order valence-corrected chi connectivity index (χ0v) is 9.92. The molecule has 2 N–H and O–H groups in total. The van der Waals surface area contributed by atoms with E-state index in [0.29, 0.717) is 19.3 Å². The molecule has 4 heteroatoms. The van der Waals surface area contributed by atoms with Gasteiger partial charge in [0.25, 0.3) is 0 Å². The lowest BCUT2D eigenvalue weighted by atomic mass is 10.0. The van der Waals surface area contributed by atoms with Crippen LogP contribution in [0.3, 0.4) is 0 Å². The molecular weight excluding hydrogens is 200 g/mol. The van der Waals surface area contributed by atoms with Gasteiger partial charge in [-0.2, -0.15) is 0 Å². The predicted octanol–water partition coefficient (Wildman–Crippen LogP) is 2.88. The lowest BCUT2D eigenvalue weighted by Gasteiger charge is -2.44. The van der Waals surface area contributed by atoms with Crippen LogP contribution in [0, 0.1) is 0 Å². The molecule has 0 aliphatic heterocycles. The Hall–Kier alpha value is 0.0700. The Bertz CT molecular complexity index is 250. The van der Waals surface area contributed by atoms with E-state index in [-0.39, 0.29) is 0 Å². The second-order valence-electron chi connectivity index (χ2n) is 4.46. The second kappa shape index (κ2) is 3.91. The zero-order valence-electron chi connectivity index (χ0n) is 9.11. The molecule has 0 saturated heterocycles. The second-order valence-corrected chi connectivity index (χ2v) is 7.89. The van der Waals surface area contributed by atoms with Crippen molar-refractivity contribution in [1.29, 1.82) is 0 Å². The molecule has 1 saturated carbocycles. The highest BCUT2D eigenvalue weighted by Crippen LogP contribution is 2.39. The predicted molar refractivity (Wildman–Crippen MR) is 60.0 cm³/mol. The molecule has 0 spiro atoms. The average molecular weight is 222 g/mol. The first-order valence-corrected chi connectivity index (χ1v) is 7.52. The van der Waals surface area contributed by atoms with Crippen LogP contribution in [0.1, 0.15) is 52.4 Å². The maximum Gasteiger partial charge on any atom is 0.0878 e. The lowest BCUT2D eigenvalue weighted by molar-refractivity contribution is 0.337. The fourth-order valence-corrected chi connectivity index (χ4v) is 4.65. The largest absolute Gasteiger partial charge is 0.307 e. The summed E-state index contributed by atoms with van der Waals surface area (Å²) in [5, 5.41) is -0.897. The van der Waals surface area contributed by atoms with E-state index < -0.39 is 20.1 Å². The summed E-state index contributed by atoms with van der Waals surface area (Å²) in [4.78, 5) is 0. The molecule has 1 fully saturated rings. The summed E-state index contributed by atoms with van der Waals surface area (Å²) in [5.41, 5.74) is 0. The van der Waals surface area contributed by atoms with E-state index in [1.165, 1.54) is 0 Å². The third-order valence-electron chi connectivity index (χ3n) is 3.51. The van der Waals surface area contributed by atoms with Crippen LogP contribution in [0.15, 0.2) is 0 Å².